The van der Waals surface area contributed by atoms with Crippen molar-refractivity contribution in [2.45, 2.75) is 18.9 Å². The van der Waals surface area contributed by atoms with E-state index in [1.54, 1.807) is 0 Å². The van der Waals surface area contributed by atoms with Crippen LogP contribution in [0.1, 0.15) is 28.6 Å². The van der Waals surface area contributed by atoms with E-state index >= 15 is 0 Å². The molecule has 4 rings (SSSR count). The molecule has 2 aromatic rings. The minimum absolute atomic E-state index is 0.140. The number of ether oxygens (including phenoxy) is 2. The Morgan fingerprint density at radius 2 is 2.20 bits per heavy atom. The van der Waals surface area contributed by atoms with Crippen LogP contribution in [0.2, 0.25) is 0 Å². The van der Waals surface area contributed by atoms with Crippen LogP contribution in [0, 0.1) is 4.64 Å². The Kier molecular flexibility index (Phi) is 2.82. The van der Waals surface area contributed by atoms with E-state index in [1.165, 1.54) is 5.56 Å². The number of hydrogen-bond donors (Lipinski definition) is 1. The second kappa shape index (κ2) is 4.68. The molecular formula is C15H14N2O2S. The maximum Gasteiger partial charge on any atom is 0.135 e. The molecule has 0 amide bonds. The number of fused-ring (bicyclic) bond motifs is 2. The van der Waals surface area contributed by atoms with Crippen LogP contribution in [-0.2, 0) is 17.8 Å². The fourth-order valence-corrected chi connectivity index (χ4v) is 3.11. The molecule has 1 aromatic heterocycles. The van der Waals surface area contributed by atoms with Gasteiger partial charge < -0.3 is 14.5 Å². The largest absolute Gasteiger partial charge is 0.492 e. The monoisotopic (exact) mass is 286 g/mol. The van der Waals surface area contributed by atoms with Gasteiger partial charge in [-0.3, -0.25) is 0 Å². The molecule has 1 unspecified atom stereocenters. The molecule has 3 heterocycles. The summed E-state index contributed by atoms with van der Waals surface area (Å²) in [6.07, 6.45) is 0.865. The van der Waals surface area contributed by atoms with Gasteiger partial charge in [-0.2, -0.15) is 0 Å². The smallest absolute Gasteiger partial charge is 0.135 e. The summed E-state index contributed by atoms with van der Waals surface area (Å²) in [4.78, 5) is 8.02. The van der Waals surface area contributed by atoms with Crippen molar-refractivity contribution in [3.05, 3.63) is 51.6 Å². The normalized spacial score (nSPS) is 20.1. The Balaban J connectivity index is 1.81. The molecule has 2 aliphatic heterocycles. The van der Waals surface area contributed by atoms with Crippen molar-refractivity contribution in [2.75, 3.05) is 13.2 Å². The van der Waals surface area contributed by atoms with E-state index in [0.717, 1.165) is 35.9 Å². The number of rotatable bonds is 1. The van der Waals surface area contributed by atoms with Gasteiger partial charge in [0.25, 0.3) is 0 Å². The average molecular weight is 286 g/mol. The van der Waals surface area contributed by atoms with E-state index in [2.05, 4.69) is 16.0 Å². The highest BCUT2D eigenvalue weighted by Gasteiger charge is 2.28. The first-order valence-corrected chi connectivity index (χ1v) is 7.15. The fourth-order valence-electron chi connectivity index (χ4n) is 2.83. The van der Waals surface area contributed by atoms with Crippen molar-refractivity contribution in [3.8, 4) is 5.75 Å². The second-order valence-corrected chi connectivity index (χ2v) is 5.48. The van der Waals surface area contributed by atoms with Gasteiger partial charge in [0.1, 0.15) is 22.8 Å². The second-order valence-electron chi connectivity index (χ2n) is 5.09. The molecule has 0 aliphatic carbocycles. The van der Waals surface area contributed by atoms with Gasteiger partial charge in [0.05, 0.1) is 19.1 Å². The molecule has 1 atom stereocenters. The Morgan fingerprint density at radius 1 is 1.30 bits per heavy atom. The number of aromatic amines is 1. The van der Waals surface area contributed by atoms with Crippen molar-refractivity contribution >= 4 is 12.2 Å². The van der Waals surface area contributed by atoms with E-state index in [4.69, 9.17) is 21.7 Å². The number of nitrogens with zero attached hydrogens (tertiary/aromatic N) is 1. The molecular weight excluding hydrogens is 272 g/mol. The van der Waals surface area contributed by atoms with Crippen molar-refractivity contribution in [1.82, 2.24) is 9.97 Å². The molecule has 4 nitrogen and oxygen atoms in total. The maximum atomic E-state index is 5.73. The van der Waals surface area contributed by atoms with Crippen LogP contribution in [0.25, 0.3) is 0 Å². The number of hydrogen-bond acceptors (Lipinski definition) is 4. The third kappa shape index (κ3) is 1.85. The molecule has 20 heavy (non-hydrogen) atoms. The molecule has 5 heteroatoms. The van der Waals surface area contributed by atoms with Crippen molar-refractivity contribution in [2.24, 2.45) is 0 Å². The summed E-state index contributed by atoms with van der Waals surface area (Å²) in [7, 11) is 0. The van der Waals surface area contributed by atoms with Crippen LogP contribution in [0.15, 0.2) is 24.3 Å². The lowest BCUT2D eigenvalue weighted by Gasteiger charge is -2.18. The minimum atomic E-state index is 0.140. The van der Waals surface area contributed by atoms with Crippen LogP contribution in [0.4, 0.5) is 0 Å². The Bertz CT molecular complexity index is 726. The molecule has 0 bridgehead atoms. The minimum Gasteiger partial charge on any atom is -0.492 e. The Morgan fingerprint density at radius 3 is 3.15 bits per heavy atom. The third-order valence-corrected chi connectivity index (χ3v) is 4.23. The first kappa shape index (κ1) is 12.1. The summed E-state index contributed by atoms with van der Waals surface area (Å²) in [5, 5.41) is 0. The Hall–Kier alpha value is -1.72. The number of benzene rings is 1. The first-order valence-electron chi connectivity index (χ1n) is 6.74. The molecule has 0 saturated heterocycles. The zero-order chi connectivity index (χ0) is 13.5. The van der Waals surface area contributed by atoms with E-state index in [1.807, 2.05) is 18.2 Å². The lowest BCUT2D eigenvalue weighted by Crippen LogP contribution is -2.17. The lowest BCUT2D eigenvalue weighted by atomic mass is 10.00. The molecule has 0 radical (unpaired) electrons. The predicted octanol–water partition coefficient (Wildman–Crippen LogP) is 2.74. The molecule has 1 N–H and O–H groups in total. The summed E-state index contributed by atoms with van der Waals surface area (Å²) in [6, 6.07) is 8.10. The maximum absolute atomic E-state index is 5.73. The van der Waals surface area contributed by atoms with Crippen molar-refractivity contribution in [1.29, 1.82) is 0 Å². The first-order chi connectivity index (χ1) is 9.83. The number of H-pyrrole nitrogens is 1. The van der Waals surface area contributed by atoms with E-state index in [-0.39, 0.29) is 5.92 Å². The van der Waals surface area contributed by atoms with E-state index < -0.39 is 0 Å². The van der Waals surface area contributed by atoms with Crippen LogP contribution in [0.5, 0.6) is 5.75 Å². The van der Waals surface area contributed by atoms with Gasteiger partial charge in [0, 0.05) is 23.2 Å². The summed E-state index contributed by atoms with van der Waals surface area (Å²) >= 11 is 5.41. The van der Waals surface area contributed by atoms with Gasteiger partial charge >= 0.3 is 0 Å². The topological polar surface area (TPSA) is 47.1 Å². The molecule has 102 valence electrons. The zero-order valence-electron chi connectivity index (χ0n) is 10.9. The summed E-state index contributed by atoms with van der Waals surface area (Å²) in [5.41, 5.74) is 3.37. The predicted molar refractivity (Wildman–Crippen MR) is 76.6 cm³/mol. The quantitative estimate of drug-likeness (QED) is 0.819. The average Bonchev–Trinajstić information content (AvgIpc) is 2.91. The van der Waals surface area contributed by atoms with Gasteiger partial charge in [0.2, 0.25) is 0 Å². The molecule has 1 aromatic carbocycles. The van der Waals surface area contributed by atoms with E-state index in [9.17, 15) is 0 Å². The number of nitrogens with one attached hydrogen (secondary N) is 1. The summed E-state index contributed by atoms with van der Waals surface area (Å²) in [6.45, 7) is 1.92. The highest BCUT2D eigenvalue weighted by Crippen LogP contribution is 2.36. The standard InChI is InChI=1S/C15H14N2O2S/c20-15-11-7-18-6-5-12(11)16-14(17-15)10-8-19-13-4-2-1-3-9(10)13/h1-4,10H,5-8H2,(H,16,17,20). The van der Waals surface area contributed by atoms with Crippen molar-refractivity contribution < 1.29 is 9.47 Å². The van der Waals surface area contributed by atoms with E-state index in [0.29, 0.717) is 17.9 Å². The summed E-state index contributed by atoms with van der Waals surface area (Å²) < 4.78 is 11.8. The molecule has 0 spiro atoms. The third-order valence-electron chi connectivity index (χ3n) is 3.90. The van der Waals surface area contributed by atoms with Gasteiger partial charge in [-0.15, -0.1) is 0 Å². The molecule has 0 saturated carbocycles. The van der Waals surface area contributed by atoms with Gasteiger partial charge in [-0.1, -0.05) is 30.4 Å². The van der Waals surface area contributed by atoms with Crippen LogP contribution >= 0.6 is 12.2 Å². The van der Waals surface area contributed by atoms with Crippen LogP contribution in [-0.4, -0.2) is 23.2 Å². The van der Waals surface area contributed by atoms with Crippen molar-refractivity contribution in [3.63, 3.8) is 0 Å². The number of para-hydroxylation sites is 1. The summed E-state index contributed by atoms with van der Waals surface area (Å²) in [5.74, 6) is 1.99. The van der Waals surface area contributed by atoms with Crippen LogP contribution in [0.3, 0.4) is 0 Å². The van der Waals surface area contributed by atoms with Gasteiger partial charge in [-0.25, -0.2) is 4.98 Å². The SMILES string of the molecule is S=c1nc(C2COc3ccccc32)[nH]c2c1COCC2. The van der Waals surface area contributed by atoms with Gasteiger partial charge in [-0.05, 0) is 6.07 Å². The lowest BCUT2D eigenvalue weighted by molar-refractivity contribution is 0.108. The van der Waals surface area contributed by atoms with Gasteiger partial charge in [0.15, 0.2) is 0 Å². The highest BCUT2D eigenvalue weighted by atomic mass is 32.1. The molecule has 2 aliphatic rings. The highest BCUT2D eigenvalue weighted by molar-refractivity contribution is 7.71. The fraction of sp³-hybridized carbons (Fsp3) is 0.333. The Labute approximate surface area is 121 Å². The molecule has 0 fully saturated rings. The number of aromatic nitrogens is 2. The van der Waals surface area contributed by atoms with Crippen LogP contribution < -0.4 is 4.74 Å². The zero-order valence-corrected chi connectivity index (χ0v) is 11.7.